The summed E-state index contributed by atoms with van der Waals surface area (Å²) in [6.07, 6.45) is 2.27. The molecule has 1 N–H and O–H groups in total. The summed E-state index contributed by atoms with van der Waals surface area (Å²) in [5.41, 5.74) is 2.89. The van der Waals surface area contributed by atoms with E-state index in [0.29, 0.717) is 12.1 Å². The molecule has 0 fully saturated rings. The number of benzene rings is 2. The molecule has 0 aliphatic carbocycles. The number of carbonyl (C=O) groups excluding carboxylic acids is 1. The van der Waals surface area contributed by atoms with Crippen LogP contribution in [-0.2, 0) is 21.9 Å². The highest BCUT2D eigenvalue weighted by atomic mass is 32.2. The van der Waals surface area contributed by atoms with Gasteiger partial charge in [-0.25, -0.2) is 8.42 Å². The third-order valence-electron chi connectivity index (χ3n) is 5.64. The summed E-state index contributed by atoms with van der Waals surface area (Å²) in [4.78, 5) is 11.8. The van der Waals surface area contributed by atoms with Crippen LogP contribution in [-0.4, -0.2) is 25.3 Å². The molecule has 1 atom stereocenters. The Kier molecular flexibility index (Phi) is 5.52. The number of phenolic OH excluding ortho intramolecular Hbond substituents is 1. The zero-order valence-electron chi connectivity index (χ0n) is 17.7. The number of fused-ring (bicyclic) bond motifs is 1. The number of ketones is 1. The highest BCUT2D eigenvalue weighted by molar-refractivity contribution is 7.92. The van der Waals surface area contributed by atoms with Crippen molar-refractivity contribution in [2.45, 2.75) is 70.2 Å². The standard InChI is InChI=1S/C23H29NO4S/c1-6-18-9-7-16-13-17(23(3,4)5)8-11-21(16)24(18)29(27,28)19-10-12-22(26)20(14-19)15(2)25/h8,10-14,18,26H,6-7,9H2,1-5H3. The number of hydrogen-bond donors (Lipinski definition) is 1. The fraction of sp³-hybridized carbons (Fsp3) is 0.435. The Morgan fingerprint density at radius 1 is 1.17 bits per heavy atom. The van der Waals surface area contributed by atoms with Crippen molar-refractivity contribution in [3.8, 4) is 5.75 Å². The molecule has 3 rings (SSSR count). The smallest absolute Gasteiger partial charge is 0.264 e. The van der Waals surface area contributed by atoms with Crippen LogP contribution >= 0.6 is 0 Å². The Morgan fingerprint density at radius 2 is 1.86 bits per heavy atom. The van der Waals surface area contributed by atoms with E-state index < -0.39 is 10.0 Å². The van der Waals surface area contributed by atoms with E-state index in [4.69, 9.17) is 0 Å². The van der Waals surface area contributed by atoms with Gasteiger partial charge in [-0.3, -0.25) is 9.10 Å². The molecular formula is C23H29NO4S. The number of carbonyl (C=O) groups is 1. The van der Waals surface area contributed by atoms with Gasteiger partial charge in [0.1, 0.15) is 5.75 Å². The zero-order chi connectivity index (χ0) is 21.6. The lowest BCUT2D eigenvalue weighted by Crippen LogP contribution is -2.43. The SMILES string of the molecule is CCC1CCc2cc(C(C)(C)C)ccc2N1S(=O)(=O)c1ccc(O)c(C(C)=O)c1. The Bertz CT molecular complexity index is 1050. The molecule has 29 heavy (non-hydrogen) atoms. The molecule has 5 nitrogen and oxygen atoms in total. The molecule has 0 saturated carbocycles. The third-order valence-corrected chi connectivity index (χ3v) is 7.50. The molecule has 156 valence electrons. The molecule has 1 aliphatic heterocycles. The zero-order valence-corrected chi connectivity index (χ0v) is 18.5. The second-order valence-electron chi connectivity index (χ2n) is 8.73. The van der Waals surface area contributed by atoms with Gasteiger partial charge in [-0.2, -0.15) is 0 Å². The molecule has 0 aromatic heterocycles. The maximum Gasteiger partial charge on any atom is 0.264 e. The molecule has 6 heteroatoms. The highest BCUT2D eigenvalue weighted by Crippen LogP contribution is 2.39. The molecule has 0 amide bonds. The molecular weight excluding hydrogens is 386 g/mol. The summed E-state index contributed by atoms with van der Waals surface area (Å²) in [5, 5.41) is 9.91. The molecule has 0 spiro atoms. The summed E-state index contributed by atoms with van der Waals surface area (Å²) >= 11 is 0. The van der Waals surface area contributed by atoms with Crippen LogP contribution in [0.2, 0.25) is 0 Å². The molecule has 0 bridgehead atoms. The molecule has 1 aliphatic rings. The van der Waals surface area contributed by atoms with Crippen molar-refractivity contribution in [2.75, 3.05) is 4.31 Å². The third kappa shape index (κ3) is 3.90. The maximum atomic E-state index is 13.6. The van der Waals surface area contributed by atoms with Gasteiger partial charge in [0.15, 0.2) is 5.78 Å². The average molecular weight is 416 g/mol. The van der Waals surface area contributed by atoms with E-state index in [1.54, 1.807) is 0 Å². The first kappa shape index (κ1) is 21.4. The fourth-order valence-corrected chi connectivity index (χ4v) is 5.69. The summed E-state index contributed by atoms with van der Waals surface area (Å²) in [7, 11) is -3.89. The van der Waals surface area contributed by atoms with E-state index in [0.717, 1.165) is 18.4 Å². The van der Waals surface area contributed by atoms with E-state index in [9.17, 15) is 18.3 Å². The summed E-state index contributed by atoms with van der Waals surface area (Å²) < 4.78 is 28.7. The molecule has 0 radical (unpaired) electrons. The number of nitrogens with zero attached hydrogens (tertiary/aromatic N) is 1. The van der Waals surface area contributed by atoms with E-state index >= 15 is 0 Å². The number of aromatic hydroxyl groups is 1. The van der Waals surface area contributed by atoms with Crippen molar-refractivity contribution in [3.63, 3.8) is 0 Å². The van der Waals surface area contributed by atoms with Gasteiger partial charge in [0.25, 0.3) is 10.0 Å². The van der Waals surface area contributed by atoms with Gasteiger partial charge in [-0.15, -0.1) is 0 Å². The van der Waals surface area contributed by atoms with Crippen molar-refractivity contribution >= 4 is 21.5 Å². The molecule has 2 aromatic rings. The van der Waals surface area contributed by atoms with Crippen LogP contribution in [0.15, 0.2) is 41.3 Å². The van der Waals surface area contributed by atoms with Crippen LogP contribution in [0.5, 0.6) is 5.75 Å². The summed E-state index contributed by atoms with van der Waals surface area (Å²) in [5.74, 6) is -0.585. The molecule has 2 aromatic carbocycles. The summed E-state index contributed by atoms with van der Waals surface area (Å²) in [6.45, 7) is 9.71. The lowest BCUT2D eigenvalue weighted by Gasteiger charge is -2.38. The molecule has 1 heterocycles. The predicted octanol–water partition coefficient (Wildman–Crippen LogP) is 4.81. The van der Waals surface area contributed by atoms with Crippen molar-refractivity contribution in [1.82, 2.24) is 0 Å². The van der Waals surface area contributed by atoms with E-state index in [2.05, 4.69) is 26.8 Å². The van der Waals surface area contributed by atoms with Gasteiger partial charge in [-0.05, 0) is 67.0 Å². The van der Waals surface area contributed by atoms with E-state index in [1.165, 1.54) is 35.0 Å². The van der Waals surface area contributed by atoms with Gasteiger partial charge >= 0.3 is 0 Å². The minimum atomic E-state index is -3.89. The van der Waals surface area contributed by atoms with Crippen molar-refractivity contribution in [2.24, 2.45) is 0 Å². The fourth-order valence-electron chi connectivity index (χ4n) is 3.87. The highest BCUT2D eigenvalue weighted by Gasteiger charge is 2.36. The molecule has 1 unspecified atom stereocenters. The lowest BCUT2D eigenvalue weighted by atomic mass is 9.84. The second kappa shape index (κ2) is 7.48. The van der Waals surface area contributed by atoms with Crippen LogP contribution in [0.1, 0.15) is 68.9 Å². The predicted molar refractivity (Wildman–Crippen MR) is 115 cm³/mol. The Labute approximate surface area is 173 Å². The number of rotatable bonds is 4. The average Bonchev–Trinajstić information content (AvgIpc) is 2.65. The monoisotopic (exact) mass is 415 g/mol. The van der Waals surface area contributed by atoms with Gasteiger partial charge < -0.3 is 5.11 Å². The minimum absolute atomic E-state index is 0.0134. The Balaban J connectivity index is 2.16. The van der Waals surface area contributed by atoms with E-state index in [1.807, 2.05) is 19.1 Å². The van der Waals surface area contributed by atoms with Crippen LogP contribution < -0.4 is 4.31 Å². The van der Waals surface area contributed by atoms with Crippen LogP contribution in [0.3, 0.4) is 0 Å². The van der Waals surface area contributed by atoms with Crippen LogP contribution in [0, 0.1) is 0 Å². The second-order valence-corrected chi connectivity index (χ2v) is 10.5. The van der Waals surface area contributed by atoms with Gasteiger partial charge in [0.05, 0.1) is 16.1 Å². The van der Waals surface area contributed by atoms with Crippen molar-refractivity contribution in [3.05, 3.63) is 53.1 Å². The maximum absolute atomic E-state index is 13.6. The number of anilines is 1. The number of sulfonamides is 1. The van der Waals surface area contributed by atoms with E-state index in [-0.39, 0.29) is 33.4 Å². The first-order chi connectivity index (χ1) is 13.5. The number of Topliss-reactive ketones (excluding diaryl/α,β-unsaturated/α-hetero) is 1. The number of phenols is 1. The lowest BCUT2D eigenvalue weighted by molar-refractivity contribution is 0.101. The van der Waals surface area contributed by atoms with Crippen molar-refractivity contribution < 1.29 is 18.3 Å². The number of aryl methyl sites for hydroxylation is 1. The number of hydrogen-bond acceptors (Lipinski definition) is 4. The van der Waals surface area contributed by atoms with Gasteiger partial charge in [0.2, 0.25) is 0 Å². The van der Waals surface area contributed by atoms with Gasteiger partial charge in [-0.1, -0.05) is 39.8 Å². The van der Waals surface area contributed by atoms with Crippen molar-refractivity contribution in [1.29, 1.82) is 0 Å². The topological polar surface area (TPSA) is 74.7 Å². The van der Waals surface area contributed by atoms with Gasteiger partial charge in [0, 0.05) is 6.04 Å². The minimum Gasteiger partial charge on any atom is -0.507 e. The largest absolute Gasteiger partial charge is 0.507 e. The van der Waals surface area contributed by atoms with Crippen LogP contribution in [0.4, 0.5) is 5.69 Å². The Hall–Kier alpha value is -2.34. The molecule has 0 saturated heterocycles. The first-order valence-corrected chi connectivity index (χ1v) is 11.4. The quantitative estimate of drug-likeness (QED) is 0.727. The first-order valence-electron chi connectivity index (χ1n) is 9.98. The Morgan fingerprint density at radius 3 is 2.45 bits per heavy atom. The van der Waals surface area contributed by atoms with Crippen LogP contribution in [0.25, 0.3) is 0 Å². The normalized spacial score (nSPS) is 17.1. The summed E-state index contributed by atoms with van der Waals surface area (Å²) in [6, 6.07) is 9.78.